The highest BCUT2D eigenvalue weighted by atomic mass is 32.2. The monoisotopic (exact) mass is 473 g/mol. The van der Waals surface area contributed by atoms with Gasteiger partial charge in [-0.25, -0.2) is 9.78 Å². The summed E-state index contributed by atoms with van der Waals surface area (Å²) in [6, 6.07) is 7.21. The van der Waals surface area contributed by atoms with Crippen molar-refractivity contribution in [1.29, 1.82) is 10.8 Å². The lowest BCUT2D eigenvalue weighted by Crippen LogP contribution is -2.33. The Bertz CT molecular complexity index is 1050. The summed E-state index contributed by atoms with van der Waals surface area (Å²) in [4.78, 5) is 21.2. The Morgan fingerprint density at radius 1 is 1.18 bits per heavy atom. The zero-order valence-electron chi connectivity index (χ0n) is 19.8. The van der Waals surface area contributed by atoms with Gasteiger partial charge in [-0.1, -0.05) is 26.0 Å². The number of nitrogens with one attached hydrogen (secondary N) is 3. The fourth-order valence-electron chi connectivity index (χ4n) is 2.65. The summed E-state index contributed by atoms with van der Waals surface area (Å²) >= 11 is 0. The van der Waals surface area contributed by atoms with Crippen LogP contribution in [0.1, 0.15) is 52.4 Å². The Hall–Kier alpha value is -3.14. The van der Waals surface area contributed by atoms with Crippen molar-refractivity contribution in [3.05, 3.63) is 41.9 Å². The van der Waals surface area contributed by atoms with E-state index in [2.05, 4.69) is 15.3 Å². The first kappa shape index (κ1) is 26.1. The summed E-state index contributed by atoms with van der Waals surface area (Å²) in [5.74, 6) is -0.496. The minimum Gasteiger partial charge on any atom is -0.444 e. The zero-order valence-corrected chi connectivity index (χ0v) is 20.6. The number of alkyl carbamates (subject to hydrolysis) is 1. The van der Waals surface area contributed by atoms with Gasteiger partial charge in [-0.2, -0.15) is 0 Å². The molecule has 33 heavy (non-hydrogen) atoms. The van der Waals surface area contributed by atoms with E-state index in [1.54, 1.807) is 46.0 Å². The molecule has 0 aliphatic heterocycles. The third-order valence-corrected chi connectivity index (χ3v) is 5.82. The van der Waals surface area contributed by atoms with E-state index in [1.807, 2.05) is 26.0 Å². The van der Waals surface area contributed by atoms with Gasteiger partial charge in [0.2, 0.25) is 5.90 Å². The van der Waals surface area contributed by atoms with Gasteiger partial charge in [-0.3, -0.25) is 20.0 Å². The second kappa shape index (κ2) is 11.1. The van der Waals surface area contributed by atoms with Gasteiger partial charge < -0.3 is 14.8 Å². The van der Waals surface area contributed by atoms with Crippen molar-refractivity contribution in [3.8, 4) is 11.3 Å². The second-order valence-corrected chi connectivity index (χ2v) is 10.6. The Kier molecular flexibility index (Phi) is 8.81. The highest BCUT2D eigenvalue weighted by Crippen LogP contribution is 2.21. The van der Waals surface area contributed by atoms with Gasteiger partial charge in [0, 0.05) is 28.7 Å². The molecule has 0 fully saturated rings. The van der Waals surface area contributed by atoms with Crippen LogP contribution in [0.15, 0.2) is 35.4 Å². The molecule has 0 aliphatic rings. The van der Waals surface area contributed by atoms with Crippen molar-refractivity contribution in [2.24, 2.45) is 0 Å². The molecule has 0 bridgehead atoms. The second-order valence-electron chi connectivity index (χ2n) is 8.59. The maximum absolute atomic E-state index is 12.2. The molecule has 0 radical (unpaired) electrons. The fourth-order valence-corrected chi connectivity index (χ4v) is 3.60. The van der Waals surface area contributed by atoms with Crippen molar-refractivity contribution < 1.29 is 18.5 Å². The van der Waals surface area contributed by atoms with Gasteiger partial charge in [0.05, 0.1) is 28.4 Å². The van der Waals surface area contributed by atoms with Gasteiger partial charge in [-0.15, -0.1) is 0 Å². The number of carbonyl (C=O) groups is 1. The van der Waals surface area contributed by atoms with Gasteiger partial charge >= 0.3 is 6.09 Å². The Labute approximate surface area is 196 Å². The van der Waals surface area contributed by atoms with Crippen LogP contribution in [0, 0.1) is 17.7 Å². The predicted molar refractivity (Wildman–Crippen MR) is 128 cm³/mol. The first-order valence-electron chi connectivity index (χ1n) is 10.5. The van der Waals surface area contributed by atoms with Gasteiger partial charge in [-0.05, 0) is 39.8 Å². The summed E-state index contributed by atoms with van der Waals surface area (Å²) in [6.45, 7) is 10.9. The average Bonchev–Trinajstić information content (AvgIpc) is 2.72. The normalized spacial score (nSPS) is 12.2. The van der Waals surface area contributed by atoms with E-state index in [0.717, 1.165) is 10.5 Å². The highest BCUT2D eigenvalue weighted by molar-refractivity contribution is 7.85. The third kappa shape index (κ3) is 8.05. The Balaban J connectivity index is 2.02. The maximum Gasteiger partial charge on any atom is 0.407 e. The number of aryl methyl sites for hydroxylation is 1. The summed E-state index contributed by atoms with van der Waals surface area (Å²) in [7, 11) is -1.08. The Morgan fingerprint density at radius 2 is 1.82 bits per heavy atom. The summed E-state index contributed by atoms with van der Waals surface area (Å²) < 4.78 is 22.7. The van der Waals surface area contributed by atoms with Crippen molar-refractivity contribution in [2.45, 2.75) is 63.7 Å². The number of hydrogen-bond donors (Lipinski definition) is 3. The number of benzene rings is 1. The number of aromatic nitrogens is 2. The van der Waals surface area contributed by atoms with Crippen molar-refractivity contribution in [1.82, 2.24) is 15.3 Å². The molecule has 0 saturated heterocycles. The number of hydrogen-bond acceptors (Lipinski definition) is 8. The van der Waals surface area contributed by atoms with Crippen LogP contribution in [-0.4, -0.2) is 49.5 Å². The number of nitrogens with zero attached hydrogens (tertiary/aromatic N) is 2. The van der Waals surface area contributed by atoms with Crippen molar-refractivity contribution in [3.63, 3.8) is 0 Å². The molecule has 2 aromatic rings. The maximum atomic E-state index is 12.2. The van der Waals surface area contributed by atoms with Crippen LogP contribution in [0.25, 0.3) is 11.3 Å². The molecule has 1 amide bonds. The van der Waals surface area contributed by atoms with E-state index < -0.39 is 22.5 Å². The highest BCUT2D eigenvalue weighted by Gasteiger charge is 2.17. The topological polar surface area (TPSA) is 138 Å². The summed E-state index contributed by atoms with van der Waals surface area (Å²) in [5.41, 5.74) is 1.39. The van der Waals surface area contributed by atoms with Crippen LogP contribution < -0.4 is 5.32 Å². The molecular formula is C23H31N5O4S. The van der Waals surface area contributed by atoms with Gasteiger partial charge in [0.15, 0.2) is 5.90 Å². The first-order valence-corrected chi connectivity index (χ1v) is 11.7. The van der Waals surface area contributed by atoms with Crippen LogP contribution in [0.5, 0.6) is 0 Å². The lowest BCUT2D eigenvalue weighted by atomic mass is 10.1. The molecule has 1 unspecified atom stereocenters. The summed E-state index contributed by atoms with van der Waals surface area (Å²) in [6.07, 6.45) is 1.10. The van der Waals surface area contributed by atoms with Crippen LogP contribution in [0.2, 0.25) is 0 Å². The minimum atomic E-state index is -1.08. The smallest absolute Gasteiger partial charge is 0.407 e. The quantitative estimate of drug-likeness (QED) is 0.407. The van der Waals surface area contributed by atoms with Crippen molar-refractivity contribution >= 4 is 28.7 Å². The first-order chi connectivity index (χ1) is 15.4. The van der Waals surface area contributed by atoms with Crippen LogP contribution >= 0.6 is 0 Å². The SMILES string of the molecule is Cc1ncc(-c2ccc(S(=O)C(C)C)cc2)nc1C(=N)OC(=N)CCNC(=O)OC(C)(C)C. The molecule has 3 N–H and O–H groups in total. The van der Waals surface area contributed by atoms with Gasteiger partial charge in [0.25, 0.3) is 0 Å². The van der Waals surface area contributed by atoms with Gasteiger partial charge in [0.1, 0.15) is 11.3 Å². The molecule has 1 heterocycles. The van der Waals surface area contributed by atoms with E-state index in [-0.39, 0.29) is 35.7 Å². The van der Waals surface area contributed by atoms with Crippen LogP contribution in [0.3, 0.4) is 0 Å². The molecule has 2 rings (SSSR count). The fraction of sp³-hybridized carbons (Fsp3) is 0.435. The molecule has 0 saturated carbocycles. The standard InChI is InChI=1S/C23H31N5O4S/c1-14(2)33(30)17-9-7-16(8-10-17)18-13-27-15(3)20(28-18)21(25)31-19(24)11-12-26-22(29)32-23(4,5)6/h7-10,13-14,24-25H,11-12H2,1-6H3,(H,26,29). The number of carbonyl (C=O) groups excluding carboxylic acids is 1. The molecule has 0 aliphatic carbocycles. The van der Waals surface area contributed by atoms with Crippen LogP contribution in [0.4, 0.5) is 4.79 Å². The molecule has 1 atom stereocenters. The summed E-state index contributed by atoms with van der Waals surface area (Å²) in [5, 5.41) is 18.7. The van der Waals surface area contributed by atoms with E-state index >= 15 is 0 Å². The van der Waals surface area contributed by atoms with E-state index in [9.17, 15) is 9.00 Å². The molecular weight excluding hydrogens is 442 g/mol. The Morgan fingerprint density at radius 3 is 2.39 bits per heavy atom. The molecule has 10 heteroatoms. The zero-order chi connectivity index (χ0) is 24.8. The third-order valence-electron chi connectivity index (χ3n) is 4.23. The molecule has 0 spiro atoms. The molecule has 1 aromatic carbocycles. The average molecular weight is 474 g/mol. The molecule has 9 nitrogen and oxygen atoms in total. The van der Waals surface area contributed by atoms with E-state index in [0.29, 0.717) is 11.4 Å². The van der Waals surface area contributed by atoms with E-state index in [1.165, 1.54) is 0 Å². The minimum absolute atomic E-state index is 0.0221. The lowest BCUT2D eigenvalue weighted by molar-refractivity contribution is 0.0529. The lowest BCUT2D eigenvalue weighted by Gasteiger charge is -2.19. The number of amides is 1. The van der Waals surface area contributed by atoms with Crippen LogP contribution in [-0.2, 0) is 20.3 Å². The largest absolute Gasteiger partial charge is 0.444 e. The van der Waals surface area contributed by atoms with Crippen molar-refractivity contribution in [2.75, 3.05) is 6.54 Å². The molecule has 1 aromatic heterocycles. The molecule has 178 valence electrons. The number of ether oxygens (including phenoxy) is 2. The van der Waals surface area contributed by atoms with E-state index in [4.69, 9.17) is 20.3 Å². The predicted octanol–water partition coefficient (Wildman–Crippen LogP) is 4.20. The number of rotatable bonds is 7.